The summed E-state index contributed by atoms with van der Waals surface area (Å²) in [5.41, 5.74) is 4.46. The molecule has 2 heteroatoms. The van der Waals surface area contributed by atoms with E-state index in [2.05, 4.69) is 12.2 Å². The maximum Gasteiger partial charge on any atom is 0.314 e. The fraction of sp³-hybridized carbons (Fsp3) is 0.300. The molecule has 0 saturated carbocycles. The van der Waals surface area contributed by atoms with E-state index in [1.165, 1.54) is 16.7 Å². The third-order valence-electron chi connectivity index (χ3n) is 2.12. The molecule has 1 amide bonds. The first-order valence-electron chi connectivity index (χ1n) is 3.86. The van der Waals surface area contributed by atoms with E-state index in [0.717, 1.165) is 5.69 Å². The Kier molecular flexibility index (Phi) is 2.48. The highest BCUT2D eigenvalue weighted by Crippen LogP contribution is 2.18. The number of nitrogens with one attached hydrogen (secondary N) is 1. The summed E-state index contributed by atoms with van der Waals surface area (Å²) in [5.74, 6) is 0. The minimum absolute atomic E-state index is 0.811. The lowest BCUT2D eigenvalue weighted by molar-refractivity contribution is 0.561. The molecule has 1 aromatic rings. The van der Waals surface area contributed by atoms with Crippen molar-refractivity contribution in [2.45, 2.75) is 20.8 Å². The van der Waals surface area contributed by atoms with Gasteiger partial charge in [-0.1, -0.05) is 0 Å². The van der Waals surface area contributed by atoms with Crippen molar-refractivity contribution in [3.63, 3.8) is 0 Å². The second kappa shape index (κ2) is 3.39. The van der Waals surface area contributed by atoms with Crippen molar-refractivity contribution in [2.75, 3.05) is 5.32 Å². The molecule has 63 valence electrons. The van der Waals surface area contributed by atoms with E-state index in [-0.39, 0.29) is 0 Å². The summed E-state index contributed by atoms with van der Waals surface area (Å²) < 4.78 is 0. The van der Waals surface area contributed by atoms with Crippen LogP contribution in [0.4, 0.5) is 5.69 Å². The Hall–Kier alpha value is -1.31. The zero-order valence-corrected chi connectivity index (χ0v) is 7.56. The number of hydrogen-bond donors (Lipinski definition) is 1. The molecule has 0 saturated heterocycles. The van der Waals surface area contributed by atoms with Gasteiger partial charge in [0.05, 0.1) is 0 Å². The average Bonchev–Trinajstić information content (AvgIpc) is 2.01. The largest absolute Gasteiger partial charge is 0.318 e. The van der Waals surface area contributed by atoms with Gasteiger partial charge in [-0.05, 0) is 49.6 Å². The lowest BCUT2D eigenvalue weighted by Crippen LogP contribution is -1.96. The van der Waals surface area contributed by atoms with Crippen molar-refractivity contribution in [3.8, 4) is 0 Å². The SMILES string of the molecule is Cc1cc(N[C]=O)cc(C)c1C. The van der Waals surface area contributed by atoms with Crippen LogP contribution in [0.1, 0.15) is 16.7 Å². The van der Waals surface area contributed by atoms with Gasteiger partial charge in [0.25, 0.3) is 0 Å². The van der Waals surface area contributed by atoms with Crippen molar-refractivity contribution in [3.05, 3.63) is 28.8 Å². The zero-order chi connectivity index (χ0) is 9.14. The predicted molar refractivity (Wildman–Crippen MR) is 50.0 cm³/mol. The smallest absolute Gasteiger partial charge is 0.314 e. The Morgan fingerprint density at radius 2 is 1.67 bits per heavy atom. The van der Waals surface area contributed by atoms with Gasteiger partial charge in [0.1, 0.15) is 0 Å². The number of benzene rings is 1. The summed E-state index contributed by atoms with van der Waals surface area (Å²) in [6.45, 7) is 6.12. The summed E-state index contributed by atoms with van der Waals surface area (Å²) >= 11 is 0. The second-order valence-corrected chi connectivity index (χ2v) is 2.96. The minimum Gasteiger partial charge on any atom is -0.318 e. The van der Waals surface area contributed by atoms with Crippen molar-refractivity contribution < 1.29 is 4.79 Å². The highest BCUT2D eigenvalue weighted by atomic mass is 16.1. The molecule has 0 aliphatic carbocycles. The molecular formula is C10H12NO. The van der Waals surface area contributed by atoms with Gasteiger partial charge in [-0.25, -0.2) is 0 Å². The van der Waals surface area contributed by atoms with E-state index in [1.807, 2.05) is 26.0 Å². The van der Waals surface area contributed by atoms with Gasteiger partial charge in [0, 0.05) is 5.69 Å². The predicted octanol–water partition coefficient (Wildman–Crippen LogP) is 2.09. The summed E-state index contributed by atoms with van der Waals surface area (Å²) in [6.07, 6.45) is 1.66. The van der Waals surface area contributed by atoms with Crippen LogP contribution in [0, 0.1) is 20.8 Å². The fourth-order valence-corrected chi connectivity index (χ4v) is 1.17. The summed E-state index contributed by atoms with van der Waals surface area (Å²) in [6, 6.07) is 3.88. The molecule has 12 heavy (non-hydrogen) atoms. The highest BCUT2D eigenvalue weighted by Gasteiger charge is 1.99. The van der Waals surface area contributed by atoms with Crippen molar-refractivity contribution >= 4 is 12.1 Å². The molecule has 1 radical (unpaired) electrons. The molecule has 0 fully saturated rings. The lowest BCUT2D eigenvalue weighted by atomic mass is 10.0. The van der Waals surface area contributed by atoms with Crippen LogP contribution in [-0.2, 0) is 4.79 Å². The van der Waals surface area contributed by atoms with E-state index < -0.39 is 0 Å². The molecule has 0 spiro atoms. The van der Waals surface area contributed by atoms with E-state index in [4.69, 9.17) is 0 Å². The standard InChI is InChI=1S/C10H12NO/c1-7-4-10(11-6-12)5-8(2)9(7)3/h4-5H,1-3H3,(H,11,12). The number of carbonyl (C=O) groups excluding carboxylic acids is 1. The lowest BCUT2D eigenvalue weighted by Gasteiger charge is -2.06. The number of rotatable bonds is 2. The Morgan fingerprint density at radius 3 is 2.08 bits per heavy atom. The van der Waals surface area contributed by atoms with Crippen LogP contribution >= 0.6 is 0 Å². The van der Waals surface area contributed by atoms with Gasteiger partial charge in [-0.2, -0.15) is 0 Å². The molecular weight excluding hydrogens is 150 g/mol. The topological polar surface area (TPSA) is 29.1 Å². The maximum atomic E-state index is 10.0. The van der Waals surface area contributed by atoms with Crippen LogP contribution in [-0.4, -0.2) is 6.41 Å². The number of aryl methyl sites for hydroxylation is 2. The average molecular weight is 162 g/mol. The van der Waals surface area contributed by atoms with Crippen molar-refractivity contribution in [1.29, 1.82) is 0 Å². The molecule has 2 nitrogen and oxygen atoms in total. The zero-order valence-electron chi connectivity index (χ0n) is 7.56. The monoisotopic (exact) mass is 162 g/mol. The third-order valence-corrected chi connectivity index (χ3v) is 2.12. The molecule has 1 aromatic carbocycles. The molecule has 0 unspecified atom stereocenters. The summed E-state index contributed by atoms with van der Waals surface area (Å²) in [4.78, 5) is 10.0. The first-order valence-corrected chi connectivity index (χ1v) is 3.86. The molecule has 0 aliphatic heterocycles. The minimum atomic E-state index is 0.811. The molecule has 0 bridgehead atoms. The van der Waals surface area contributed by atoms with Gasteiger partial charge in [0.15, 0.2) is 0 Å². The summed E-state index contributed by atoms with van der Waals surface area (Å²) in [5, 5.41) is 2.51. The highest BCUT2D eigenvalue weighted by molar-refractivity contribution is 5.72. The first kappa shape index (κ1) is 8.78. The molecule has 0 aliphatic rings. The van der Waals surface area contributed by atoms with Gasteiger partial charge < -0.3 is 5.32 Å². The fourth-order valence-electron chi connectivity index (χ4n) is 1.17. The van der Waals surface area contributed by atoms with Crippen LogP contribution in [0.15, 0.2) is 12.1 Å². The first-order chi connectivity index (χ1) is 5.65. The van der Waals surface area contributed by atoms with Gasteiger partial charge in [0.2, 0.25) is 0 Å². The quantitative estimate of drug-likeness (QED) is 0.663. The number of amides is 1. The Morgan fingerprint density at radius 1 is 1.17 bits per heavy atom. The Balaban J connectivity index is 3.11. The maximum absolute atomic E-state index is 10.0. The Bertz CT molecular complexity index is 282. The van der Waals surface area contributed by atoms with E-state index in [9.17, 15) is 4.79 Å². The molecule has 1 N–H and O–H groups in total. The molecule has 0 atom stereocenters. The van der Waals surface area contributed by atoms with Crippen molar-refractivity contribution in [1.82, 2.24) is 0 Å². The van der Waals surface area contributed by atoms with Crippen LogP contribution in [0.25, 0.3) is 0 Å². The van der Waals surface area contributed by atoms with Crippen LogP contribution < -0.4 is 5.32 Å². The molecule has 0 aromatic heterocycles. The van der Waals surface area contributed by atoms with Gasteiger partial charge >= 0.3 is 6.41 Å². The molecule has 1 rings (SSSR count). The number of anilines is 1. The van der Waals surface area contributed by atoms with Crippen LogP contribution in [0.3, 0.4) is 0 Å². The normalized spacial score (nSPS) is 9.58. The van der Waals surface area contributed by atoms with E-state index in [0.29, 0.717) is 0 Å². The van der Waals surface area contributed by atoms with Gasteiger partial charge in [-0.15, -0.1) is 0 Å². The van der Waals surface area contributed by atoms with Gasteiger partial charge in [-0.3, -0.25) is 4.79 Å². The van der Waals surface area contributed by atoms with Crippen molar-refractivity contribution in [2.24, 2.45) is 0 Å². The second-order valence-electron chi connectivity index (χ2n) is 2.96. The van der Waals surface area contributed by atoms with Crippen LogP contribution in [0.2, 0.25) is 0 Å². The number of hydrogen-bond acceptors (Lipinski definition) is 1. The molecule has 0 heterocycles. The van der Waals surface area contributed by atoms with E-state index >= 15 is 0 Å². The summed E-state index contributed by atoms with van der Waals surface area (Å²) in [7, 11) is 0. The van der Waals surface area contributed by atoms with Crippen LogP contribution in [0.5, 0.6) is 0 Å². The third kappa shape index (κ3) is 1.64. The van der Waals surface area contributed by atoms with E-state index in [1.54, 1.807) is 6.41 Å². The Labute approximate surface area is 72.6 Å².